The summed E-state index contributed by atoms with van der Waals surface area (Å²) in [5.74, 6) is -0.247. The minimum Gasteiger partial charge on any atom is -0.337 e. The molecule has 1 N–H and O–H groups in total. The van der Waals surface area contributed by atoms with Gasteiger partial charge in [-0.3, -0.25) is 14.2 Å². The van der Waals surface area contributed by atoms with Crippen molar-refractivity contribution in [1.29, 1.82) is 5.26 Å². The Morgan fingerprint density at radius 1 is 1.48 bits per heavy atom. The van der Waals surface area contributed by atoms with Crippen molar-refractivity contribution in [3.05, 3.63) is 33.6 Å². The van der Waals surface area contributed by atoms with E-state index >= 15 is 0 Å². The molecule has 0 spiro atoms. The van der Waals surface area contributed by atoms with Gasteiger partial charge in [-0.15, -0.1) is 0 Å². The van der Waals surface area contributed by atoms with Crippen LogP contribution in [0.1, 0.15) is 34.1 Å². The van der Waals surface area contributed by atoms with E-state index < -0.39 is 5.54 Å². The molecule has 6 nitrogen and oxygen atoms in total. The number of carbonyl (C=O) groups is 1. The summed E-state index contributed by atoms with van der Waals surface area (Å²) in [6.07, 6.45) is 0.764. The number of fused-ring (bicyclic) bond motifs is 1. The number of nitriles is 1. The summed E-state index contributed by atoms with van der Waals surface area (Å²) in [4.78, 5) is 29.7. The van der Waals surface area contributed by atoms with Gasteiger partial charge < -0.3 is 5.32 Å². The molecule has 0 aliphatic rings. The van der Waals surface area contributed by atoms with E-state index in [1.807, 2.05) is 20.8 Å². The molecule has 0 aliphatic carbocycles. The third-order valence-corrected chi connectivity index (χ3v) is 5.66. The van der Waals surface area contributed by atoms with Crippen LogP contribution in [0.4, 0.5) is 0 Å². The van der Waals surface area contributed by atoms with Gasteiger partial charge in [0.15, 0.2) is 5.16 Å². The molecule has 0 saturated heterocycles. The van der Waals surface area contributed by atoms with Gasteiger partial charge in [0.25, 0.3) is 5.56 Å². The van der Waals surface area contributed by atoms with Crippen LogP contribution in [0.5, 0.6) is 0 Å². The Hall–Kier alpha value is -2.04. The number of rotatable bonds is 7. The molecule has 0 bridgehead atoms. The highest BCUT2D eigenvalue weighted by molar-refractivity contribution is 7.99. The molecule has 1 heterocycles. The van der Waals surface area contributed by atoms with Crippen molar-refractivity contribution < 1.29 is 4.79 Å². The van der Waals surface area contributed by atoms with Crippen LogP contribution in [0.25, 0.3) is 10.9 Å². The zero-order valence-electron chi connectivity index (χ0n) is 15.9. The van der Waals surface area contributed by atoms with Crippen LogP contribution in [-0.4, -0.2) is 26.8 Å². The minimum atomic E-state index is -0.939. The highest BCUT2D eigenvalue weighted by Gasteiger charge is 2.30. The van der Waals surface area contributed by atoms with Crippen molar-refractivity contribution in [2.24, 2.45) is 5.92 Å². The van der Waals surface area contributed by atoms with Gasteiger partial charge >= 0.3 is 0 Å². The van der Waals surface area contributed by atoms with Crippen LogP contribution in [-0.2, 0) is 11.3 Å². The largest absolute Gasteiger partial charge is 0.337 e. The van der Waals surface area contributed by atoms with Gasteiger partial charge in [0.2, 0.25) is 5.91 Å². The zero-order chi connectivity index (χ0) is 20.2. The summed E-state index contributed by atoms with van der Waals surface area (Å²) in [6, 6.07) is 7.13. The van der Waals surface area contributed by atoms with Gasteiger partial charge in [0.05, 0.1) is 22.7 Å². The molecule has 1 unspecified atom stereocenters. The number of nitrogens with zero attached hydrogens (tertiary/aromatic N) is 3. The number of amides is 1. The molecule has 1 aromatic carbocycles. The Labute approximate surface area is 167 Å². The van der Waals surface area contributed by atoms with Gasteiger partial charge in [-0.1, -0.05) is 44.1 Å². The normalized spacial score (nSPS) is 13.4. The quantitative estimate of drug-likeness (QED) is 0.560. The first kappa shape index (κ1) is 21.3. The molecule has 1 atom stereocenters. The fraction of sp³-hybridized carbons (Fsp3) is 0.474. The fourth-order valence-electron chi connectivity index (χ4n) is 2.46. The summed E-state index contributed by atoms with van der Waals surface area (Å²) in [5, 5.41) is 13.6. The Morgan fingerprint density at radius 2 is 2.19 bits per heavy atom. The van der Waals surface area contributed by atoms with Crippen LogP contribution in [0, 0.1) is 17.2 Å². The number of carbonyl (C=O) groups excluding carboxylic acids is 1. The van der Waals surface area contributed by atoms with E-state index in [4.69, 9.17) is 11.6 Å². The lowest BCUT2D eigenvalue weighted by molar-refractivity contribution is -0.120. The highest BCUT2D eigenvalue weighted by atomic mass is 35.5. The molecule has 144 valence electrons. The molecule has 1 aromatic heterocycles. The maximum Gasteiger partial charge on any atom is 0.262 e. The van der Waals surface area contributed by atoms with Gasteiger partial charge in [-0.25, -0.2) is 4.98 Å². The predicted molar refractivity (Wildman–Crippen MR) is 109 cm³/mol. The third-order valence-electron chi connectivity index (χ3n) is 4.45. The molecule has 0 fully saturated rings. The molecule has 27 heavy (non-hydrogen) atoms. The number of thioether (sulfide) groups is 1. The number of nitrogens with one attached hydrogen (secondary N) is 1. The molecular formula is C19H23ClN4O2S. The van der Waals surface area contributed by atoms with E-state index in [9.17, 15) is 14.9 Å². The van der Waals surface area contributed by atoms with Gasteiger partial charge in [0, 0.05) is 11.6 Å². The van der Waals surface area contributed by atoms with E-state index in [0.29, 0.717) is 27.6 Å². The lowest BCUT2D eigenvalue weighted by Gasteiger charge is -2.27. The van der Waals surface area contributed by atoms with Crippen LogP contribution in [0.3, 0.4) is 0 Å². The van der Waals surface area contributed by atoms with E-state index in [1.165, 1.54) is 11.8 Å². The molecular weight excluding hydrogens is 384 g/mol. The van der Waals surface area contributed by atoms with Crippen molar-refractivity contribution in [3.8, 4) is 6.07 Å². The molecule has 0 radical (unpaired) electrons. The number of halogens is 1. The SMILES string of the molecule is CCCn1c(SCC(=O)NC(C)(C#N)C(C)C)nc2cc(Cl)ccc2c1=O. The van der Waals surface area contributed by atoms with Crippen LogP contribution in [0.2, 0.25) is 5.02 Å². The van der Waals surface area contributed by atoms with Crippen molar-refractivity contribution in [2.75, 3.05) is 5.75 Å². The molecule has 0 saturated carbocycles. The topological polar surface area (TPSA) is 87.8 Å². The molecule has 0 aliphatic heterocycles. The van der Waals surface area contributed by atoms with Crippen molar-refractivity contribution >= 4 is 40.2 Å². The Morgan fingerprint density at radius 3 is 2.78 bits per heavy atom. The first-order valence-electron chi connectivity index (χ1n) is 8.77. The number of hydrogen-bond acceptors (Lipinski definition) is 5. The summed E-state index contributed by atoms with van der Waals surface area (Å²) in [6.45, 7) is 7.94. The Kier molecular flexibility index (Phi) is 6.90. The summed E-state index contributed by atoms with van der Waals surface area (Å²) >= 11 is 7.20. The van der Waals surface area contributed by atoms with Gasteiger partial charge in [-0.05, 0) is 37.5 Å². The summed E-state index contributed by atoms with van der Waals surface area (Å²) in [7, 11) is 0. The first-order chi connectivity index (χ1) is 12.7. The van der Waals surface area contributed by atoms with Crippen LogP contribution >= 0.6 is 23.4 Å². The third kappa shape index (κ3) is 4.82. The first-order valence-corrected chi connectivity index (χ1v) is 10.1. The van der Waals surface area contributed by atoms with E-state index in [0.717, 1.165) is 6.42 Å². The smallest absolute Gasteiger partial charge is 0.262 e. The molecule has 2 aromatic rings. The van der Waals surface area contributed by atoms with Crippen molar-refractivity contribution in [3.63, 3.8) is 0 Å². The van der Waals surface area contributed by atoms with Crippen molar-refractivity contribution in [1.82, 2.24) is 14.9 Å². The molecule has 1 amide bonds. The average Bonchev–Trinajstić information content (AvgIpc) is 2.62. The second-order valence-corrected chi connectivity index (χ2v) is 8.20. The number of aromatic nitrogens is 2. The second-order valence-electron chi connectivity index (χ2n) is 6.82. The Balaban J connectivity index is 2.30. The minimum absolute atomic E-state index is 0.0318. The van der Waals surface area contributed by atoms with E-state index in [2.05, 4.69) is 16.4 Å². The van der Waals surface area contributed by atoms with Gasteiger partial charge in [0.1, 0.15) is 5.54 Å². The second kappa shape index (κ2) is 8.77. The van der Waals surface area contributed by atoms with E-state index in [1.54, 1.807) is 29.7 Å². The maximum absolute atomic E-state index is 12.8. The maximum atomic E-state index is 12.8. The van der Waals surface area contributed by atoms with Gasteiger partial charge in [-0.2, -0.15) is 5.26 Å². The fourth-order valence-corrected chi connectivity index (χ4v) is 3.45. The monoisotopic (exact) mass is 406 g/mol. The van der Waals surface area contributed by atoms with Crippen LogP contribution < -0.4 is 10.9 Å². The standard InChI is InChI=1S/C19H23ClN4O2S/c1-5-8-24-17(26)14-7-6-13(20)9-15(14)22-18(24)27-10-16(25)23-19(4,11-21)12(2)3/h6-7,9,12H,5,8,10H2,1-4H3,(H,23,25). The highest BCUT2D eigenvalue weighted by Crippen LogP contribution is 2.21. The van der Waals surface area contributed by atoms with E-state index in [-0.39, 0.29) is 23.1 Å². The summed E-state index contributed by atoms with van der Waals surface area (Å²) < 4.78 is 1.58. The lowest BCUT2D eigenvalue weighted by atomic mass is 9.90. The van der Waals surface area contributed by atoms with Crippen molar-refractivity contribution in [2.45, 2.75) is 51.4 Å². The zero-order valence-corrected chi connectivity index (χ0v) is 17.4. The summed E-state index contributed by atoms with van der Waals surface area (Å²) in [5.41, 5.74) is -0.581. The molecule has 8 heteroatoms. The molecule has 2 rings (SSSR count). The number of hydrogen-bond donors (Lipinski definition) is 1. The number of benzene rings is 1. The Bertz CT molecular complexity index is 951. The predicted octanol–water partition coefficient (Wildman–Crippen LogP) is 3.61. The van der Waals surface area contributed by atoms with Crippen LogP contribution in [0.15, 0.2) is 28.2 Å². The lowest BCUT2D eigenvalue weighted by Crippen LogP contribution is -2.49. The average molecular weight is 407 g/mol.